The molecule has 1 aromatic heterocycles. The van der Waals surface area contributed by atoms with Crippen LogP contribution in [0.25, 0.3) is 10.2 Å². The lowest BCUT2D eigenvalue weighted by Crippen LogP contribution is -2.28. The summed E-state index contributed by atoms with van der Waals surface area (Å²) in [6.45, 7) is 0.826. The highest BCUT2D eigenvalue weighted by molar-refractivity contribution is 7.89. The molecule has 1 N–H and O–H groups in total. The molecule has 3 aromatic rings. The number of para-hydroxylation sites is 1. The lowest BCUT2D eigenvalue weighted by Gasteiger charge is -2.16. The van der Waals surface area contributed by atoms with Crippen molar-refractivity contribution < 1.29 is 13.2 Å². The predicted octanol–water partition coefficient (Wildman–Crippen LogP) is 3.26. The van der Waals surface area contributed by atoms with Crippen molar-refractivity contribution in [2.45, 2.75) is 24.3 Å². The number of sulfonamides is 1. The largest absolute Gasteiger partial charge is 0.335 e. The summed E-state index contributed by atoms with van der Waals surface area (Å²) < 4.78 is 28.6. The zero-order valence-corrected chi connectivity index (χ0v) is 17.1. The lowest BCUT2D eigenvalue weighted by molar-refractivity contribution is 0.0785. The van der Waals surface area contributed by atoms with Gasteiger partial charge in [0.1, 0.15) is 5.01 Å². The number of carbonyl (C=O) groups excluding carboxylic acids is 1. The minimum absolute atomic E-state index is 0.118. The van der Waals surface area contributed by atoms with E-state index in [1.165, 1.54) is 12.1 Å². The molecule has 0 radical (unpaired) electrons. The van der Waals surface area contributed by atoms with E-state index in [4.69, 9.17) is 0 Å². The lowest BCUT2D eigenvalue weighted by atomic mass is 10.2. The van der Waals surface area contributed by atoms with Gasteiger partial charge in [-0.05, 0) is 49.1 Å². The molecular formula is C20H21N3O3S2. The topological polar surface area (TPSA) is 79.4 Å². The second-order valence-corrected chi connectivity index (χ2v) is 9.94. The molecule has 1 aliphatic rings. The summed E-state index contributed by atoms with van der Waals surface area (Å²) in [6.07, 6.45) is 2.13. The fraction of sp³-hybridized carbons (Fsp3) is 0.300. The molecule has 6 nitrogen and oxygen atoms in total. The Hall–Kier alpha value is -2.29. The summed E-state index contributed by atoms with van der Waals surface area (Å²) in [5.74, 6) is 0.207. The number of thiazole rings is 1. The van der Waals surface area contributed by atoms with Gasteiger partial charge < -0.3 is 4.90 Å². The Morgan fingerprint density at radius 3 is 2.75 bits per heavy atom. The fourth-order valence-corrected chi connectivity index (χ4v) is 5.09. The number of rotatable bonds is 7. The highest BCUT2D eigenvalue weighted by Crippen LogP contribution is 2.28. The number of benzene rings is 2. The number of hydrogen-bond acceptors (Lipinski definition) is 5. The minimum Gasteiger partial charge on any atom is -0.335 e. The molecule has 2 aromatic carbocycles. The monoisotopic (exact) mass is 415 g/mol. The minimum atomic E-state index is -3.60. The van der Waals surface area contributed by atoms with E-state index in [9.17, 15) is 13.2 Å². The van der Waals surface area contributed by atoms with Crippen LogP contribution in [0.15, 0.2) is 53.4 Å². The molecule has 0 bridgehead atoms. The highest BCUT2D eigenvalue weighted by Gasteiger charge is 2.25. The van der Waals surface area contributed by atoms with Gasteiger partial charge in [0.2, 0.25) is 10.0 Å². The third-order valence-electron chi connectivity index (χ3n) is 4.71. The van der Waals surface area contributed by atoms with Crippen LogP contribution < -0.4 is 4.72 Å². The maximum absolute atomic E-state index is 12.8. The quantitative estimate of drug-likeness (QED) is 0.642. The first-order valence-electron chi connectivity index (χ1n) is 9.12. The van der Waals surface area contributed by atoms with Crippen molar-refractivity contribution >= 4 is 37.5 Å². The Bertz CT molecular complexity index is 1090. The van der Waals surface area contributed by atoms with E-state index in [-0.39, 0.29) is 10.8 Å². The number of hydrogen-bond donors (Lipinski definition) is 1. The van der Waals surface area contributed by atoms with Gasteiger partial charge in [-0.1, -0.05) is 18.2 Å². The Labute approximate surface area is 168 Å². The first kappa shape index (κ1) is 19.0. The maximum Gasteiger partial charge on any atom is 0.254 e. The molecule has 1 amide bonds. The Morgan fingerprint density at radius 1 is 1.21 bits per heavy atom. The third kappa shape index (κ3) is 4.24. The molecule has 1 fully saturated rings. The van der Waals surface area contributed by atoms with Crippen LogP contribution in [0.2, 0.25) is 0 Å². The molecule has 0 unspecified atom stereocenters. The fourth-order valence-electron chi connectivity index (χ4n) is 2.91. The van der Waals surface area contributed by atoms with Crippen LogP contribution in [0.4, 0.5) is 0 Å². The molecule has 8 heteroatoms. The SMILES string of the molecule is CN(Cc1nc2ccccc2s1)C(=O)c1cccc(S(=O)(=O)NCC2CC2)c1. The van der Waals surface area contributed by atoms with Crippen molar-refractivity contribution in [3.8, 4) is 0 Å². The highest BCUT2D eigenvalue weighted by atomic mass is 32.2. The van der Waals surface area contributed by atoms with Gasteiger partial charge in [-0.3, -0.25) is 4.79 Å². The number of aromatic nitrogens is 1. The molecule has 0 spiro atoms. The van der Waals surface area contributed by atoms with Gasteiger partial charge in [-0.15, -0.1) is 11.3 Å². The summed E-state index contributed by atoms with van der Waals surface area (Å²) >= 11 is 1.55. The molecule has 0 saturated heterocycles. The number of nitrogens with zero attached hydrogens (tertiary/aromatic N) is 2. The molecule has 1 saturated carbocycles. The summed E-state index contributed by atoms with van der Waals surface area (Å²) in [7, 11) is -1.91. The van der Waals surface area contributed by atoms with Crippen LogP contribution in [-0.2, 0) is 16.6 Å². The van der Waals surface area contributed by atoms with E-state index in [2.05, 4.69) is 9.71 Å². The summed E-state index contributed by atoms with van der Waals surface area (Å²) in [4.78, 5) is 19.0. The van der Waals surface area contributed by atoms with E-state index in [1.807, 2.05) is 24.3 Å². The Morgan fingerprint density at radius 2 is 2.00 bits per heavy atom. The second kappa shape index (κ2) is 7.62. The molecule has 0 aliphatic heterocycles. The van der Waals surface area contributed by atoms with Crippen molar-refractivity contribution in [2.75, 3.05) is 13.6 Å². The maximum atomic E-state index is 12.8. The summed E-state index contributed by atoms with van der Waals surface area (Å²) in [5.41, 5.74) is 1.26. The normalized spacial score (nSPS) is 14.3. The van der Waals surface area contributed by atoms with Gasteiger partial charge in [0, 0.05) is 19.2 Å². The molecule has 1 heterocycles. The molecule has 1 aliphatic carbocycles. The molecule has 4 rings (SSSR count). The van der Waals surface area contributed by atoms with Crippen LogP contribution in [0.3, 0.4) is 0 Å². The number of carbonyl (C=O) groups is 1. The van der Waals surface area contributed by atoms with E-state index in [0.29, 0.717) is 24.6 Å². The zero-order valence-electron chi connectivity index (χ0n) is 15.5. The third-order valence-corrected chi connectivity index (χ3v) is 7.15. The van der Waals surface area contributed by atoms with Crippen molar-refractivity contribution in [3.05, 3.63) is 59.1 Å². The Balaban J connectivity index is 1.48. The zero-order chi connectivity index (χ0) is 19.7. The van der Waals surface area contributed by atoms with E-state index in [1.54, 1.807) is 35.4 Å². The number of amides is 1. The van der Waals surface area contributed by atoms with E-state index >= 15 is 0 Å². The number of fused-ring (bicyclic) bond motifs is 1. The van der Waals surface area contributed by atoms with Crippen molar-refractivity contribution in [1.82, 2.24) is 14.6 Å². The second-order valence-electron chi connectivity index (χ2n) is 7.06. The molecule has 0 atom stereocenters. The van der Waals surface area contributed by atoms with Gasteiger partial charge in [-0.25, -0.2) is 18.1 Å². The number of nitrogens with one attached hydrogen (secondary N) is 1. The van der Waals surface area contributed by atoms with Crippen molar-refractivity contribution in [1.29, 1.82) is 0 Å². The first-order chi connectivity index (χ1) is 13.4. The van der Waals surface area contributed by atoms with Crippen LogP contribution >= 0.6 is 11.3 Å². The van der Waals surface area contributed by atoms with E-state index < -0.39 is 10.0 Å². The van der Waals surface area contributed by atoms with Crippen LogP contribution in [-0.4, -0.2) is 37.8 Å². The summed E-state index contributed by atoms with van der Waals surface area (Å²) in [6, 6.07) is 14.0. The average molecular weight is 416 g/mol. The molecular weight excluding hydrogens is 394 g/mol. The van der Waals surface area contributed by atoms with Crippen LogP contribution in [0.1, 0.15) is 28.2 Å². The molecule has 146 valence electrons. The van der Waals surface area contributed by atoms with Crippen molar-refractivity contribution in [3.63, 3.8) is 0 Å². The Kier molecular flexibility index (Phi) is 5.18. The van der Waals surface area contributed by atoms with Gasteiger partial charge in [-0.2, -0.15) is 0 Å². The van der Waals surface area contributed by atoms with Crippen molar-refractivity contribution in [2.24, 2.45) is 5.92 Å². The first-order valence-corrected chi connectivity index (χ1v) is 11.4. The van der Waals surface area contributed by atoms with Gasteiger partial charge in [0.25, 0.3) is 5.91 Å². The van der Waals surface area contributed by atoms with Gasteiger partial charge in [0.05, 0.1) is 21.7 Å². The predicted molar refractivity (Wildman–Crippen MR) is 110 cm³/mol. The van der Waals surface area contributed by atoms with E-state index in [0.717, 1.165) is 28.1 Å². The average Bonchev–Trinajstić information content (AvgIpc) is 3.44. The smallest absolute Gasteiger partial charge is 0.254 e. The summed E-state index contributed by atoms with van der Waals surface area (Å²) in [5, 5.41) is 0.840. The van der Waals surface area contributed by atoms with Gasteiger partial charge >= 0.3 is 0 Å². The van der Waals surface area contributed by atoms with Gasteiger partial charge in [0.15, 0.2) is 0 Å². The molecule has 28 heavy (non-hydrogen) atoms. The van der Waals surface area contributed by atoms with Crippen LogP contribution in [0.5, 0.6) is 0 Å². The van der Waals surface area contributed by atoms with Crippen LogP contribution in [0, 0.1) is 5.92 Å². The standard InChI is InChI=1S/C20H21N3O3S2/c1-23(13-19-22-17-7-2-3-8-18(17)27-19)20(24)15-5-4-6-16(11-15)28(25,26)21-12-14-9-10-14/h2-8,11,14,21H,9-10,12-13H2,1H3.